The number of anilines is 1. The van der Waals surface area contributed by atoms with E-state index in [0.717, 1.165) is 38.8 Å². The highest BCUT2D eigenvalue weighted by Crippen LogP contribution is 2.23. The van der Waals surface area contributed by atoms with Crippen molar-refractivity contribution >= 4 is 29.6 Å². The number of nitrogens with zero attached hydrogens (tertiary/aromatic N) is 3. The van der Waals surface area contributed by atoms with Gasteiger partial charge >= 0.3 is 6.03 Å². The van der Waals surface area contributed by atoms with Crippen molar-refractivity contribution in [2.45, 2.75) is 27.7 Å². The zero-order valence-corrected chi connectivity index (χ0v) is 19.0. The second kappa shape index (κ2) is 8.74. The molecule has 4 rings (SSSR count). The normalized spacial score (nSPS) is 14.7. The van der Waals surface area contributed by atoms with Gasteiger partial charge in [0.2, 0.25) is 5.91 Å². The van der Waals surface area contributed by atoms with E-state index in [9.17, 15) is 14.4 Å². The Labute approximate surface area is 191 Å². The Morgan fingerprint density at radius 1 is 1.03 bits per heavy atom. The monoisotopic (exact) mass is 443 g/mol. The van der Waals surface area contributed by atoms with Crippen LogP contribution in [0, 0.1) is 27.7 Å². The average Bonchev–Trinajstić information content (AvgIpc) is 3.20. The maximum atomic E-state index is 12.8. The smallest absolute Gasteiger partial charge is 0.325 e. The summed E-state index contributed by atoms with van der Waals surface area (Å²) in [4.78, 5) is 43.0. The van der Waals surface area contributed by atoms with Crippen LogP contribution in [0.1, 0.15) is 28.1 Å². The summed E-state index contributed by atoms with van der Waals surface area (Å²) >= 11 is 0. The SMILES string of the molecule is Cc1ccc(NC(=O)CN2C(=O)N/C(=C\c3cc(C)n(-c4ccc(C)cn4)c3C)C2=O)cc1. The number of amides is 4. The fourth-order valence-corrected chi connectivity index (χ4v) is 3.73. The number of nitrogens with one attached hydrogen (secondary N) is 2. The molecule has 0 atom stereocenters. The van der Waals surface area contributed by atoms with Gasteiger partial charge in [0.1, 0.15) is 18.1 Å². The number of imide groups is 1. The number of rotatable bonds is 5. The Balaban J connectivity index is 1.52. The molecule has 0 spiro atoms. The first kappa shape index (κ1) is 22.0. The number of pyridine rings is 1. The average molecular weight is 444 g/mol. The molecule has 2 N–H and O–H groups in total. The number of hydrogen-bond acceptors (Lipinski definition) is 4. The largest absolute Gasteiger partial charge is 0.329 e. The van der Waals surface area contributed by atoms with Crippen LogP contribution in [0.3, 0.4) is 0 Å². The molecule has 2 aromatic heterocycles. The molecule has 0 unspecified atom stereocenters. The highest BCUT2D eigenvalue weighted by molar-refractivity contribution is 6.16. The van der Waals surface area contributed by atoms with Gasteiger partial charge in [-0.15, -0.1) is 0 Å². The Bertz CT molecular complexity index is 1270. The lowest BCUT2D eigenvalue weighted by atomic mass is 10.2. The zero-order valence-electron chi connectivity index (χ0n) is 19.0. The first-order chi connectivity index (χ1) is 15.7. The van der Waals surface area contributed by atoms with E-state index < -0.39 is 17.8 Å². The third-order valence-corrected chi connectivity index (χ3v) is 5.49. The van der Waals surface area contributed by atoms with Crippen molar-refractivity contribution in [3.63, 3.8) is 0 Å². The summed E-state index contributed by atoms with van der Waals surface area (Å²) in [5.74, 6) is -0.221. The van der Waals surface area contributed by atoms with Crippen LogP contribution >= 0.6 is 0 Å². The Kier molecular flexibility index (Phi) is 5.83. The first-order valence-corrected chi connectivity index (χ1v) is 10.6. The van der Waals surface area contributed by atoms with Gasteiger partial charge in [0, 0.05) is 23.3 Å². The molecule has 1 fully saturated rings. The number of carbonyl (C=O) groups excluding carboxylic acids is 3. The minimum Gasteiger partial charge on any atom is -0.325 e. The Hall–Kier alpha value is -4.20. The maximum Gasteiger partial charge on any atom is 0.329 e. The summed E-state index contributed by atoms with van der Waals surface area (Å²) in [7, 11) is 0. The molecule has 8 heteroatoms. The van der Waals surface area contributed by atoms with Gasteiger partial charge in [-0.1, -0.05) is 23.8 Å². The fraction of sp³-hybridized carbons (Fsp3) is 0.200. The molecule has 0 radical (unpaired) electrons. The van der Waals surface area contributed by atoms with Crippen LogP contribution in [0.4, 0.5) is 10.5 Å². The fourth-order valence-electron chi connectivity index (χ4n) is 3.73. The minimum atomic E-state index is -0.626. The maximum absolute atomic E-state index is 12.8. The lowest BCUT2D eigenvalue weighted by Gasteiger charge is -2.12. The van der Waals surface area contributed by atoms with E-state index in [1.165, 1.54) is 0 Å². The highest BCUT2D eigenvalue weighted by atomic mass is 16.2. The van der Waals surface area contributed by atoms with E-state index in [4.69, 9.17) is 0 Å². The van der Waals surface area contributed by atoms with Gasteiger partial charge in [0.15, 0.2) is 0 Å². The molecule has 4 amide bonds. The summed E-state index contributed by atoms with van der Waals surface area (Å²) in [6.07, 6.45) is 3.43. The van der Waals surface area contributed by atoms with Gasteiger partial charge in [0.05, 0.1) is 0 Å². The molecule has 0 bridgehead atoms. The molecule has 1 aromatic carbocycles. The third-order valence-electron chi connectivity index (χ3n) is 5.49. The van der Waals surface area contributed by atoms with E-state index in [-0.39, 0.29) is 12.2 Å². The predicted molar refractivity (Wildman–Crippen MR) is 126 cm³/mol. The van der Waals surface area contributed by atoms with Crippen LogP contribution in [0.5, 0.6) is 0 Å². The number of carbonyl (C=O) groups is 3. The summed E-state index contributed by atoms with van der Waals surface area (Å²) in [6.45, 7) is 7.43. The van der Waals surface area contributed by atoms with Crippen molar-refractivity contribution < 1.29 is 14.4 Å². The Morgan fingerprint density at radius 3 is 2.39 bits per heavy atom. The van der Waals surface area contributed by atoms with Crippen LogP contribution in [0.15, 0.2) is 54.4 Å². The first-order valence-electron chi connectivity index (χ1n) is 10.6. The second-order valence-electron chi connectivity index (χ2n) is 8.15. The molecule has 33 heavy (non-hydrogen) atoms. The Morgan fingerprint density at radius 2 is 1.73 bits per heavy atom. The van der Waals surface area contributed by atoms with Crippen LogP contribution in [-0.2, 0) is 9.59 Å². The molecule has 1 aliphatic heterocycles. The van der Waals surface area contributed by atoms with E-state index in [2.05, 4.69) is 15.6 Å². The summed E-state index contributed by atoms with van der Waals surface area (Å²) < 4.78 is 1.99. The van der Waals surface area contributed by atoms with Gasteiger partial charge < -0.3 is 15.2 Å². The van der Waals surface area contributed by atoms with Crippen molar-refractivity contribution in [1.29, 1.82) is 0 Å². The lowest BCUT2D eigenvalue weighted by molar-refractivity contribution is -0.127. The van der Waals surface area contributed by atoms with E-state index in [0.29, 0.717) is 5.69 Å². The van der Waals surface area contributed by atoms with Crippen molar-refractivity contribution in [3.8, 4) is 5.82 Å². The standard InChI is InChI=1S/C25H25N5O3/c1-15-5-8-20(9-6-15)27-23(31)14-29-24(32)21(28-25(29)33)12-19-11-17(3)30(18(19)4)22-10-7-16(2)13-26-22/h5-13H,14H2,1-4H3,(H,27,31)(H,28,33)/b21-12-. The van der Waals surface area contributed by atoms with Crippen LogP contribution in [0.25, 0.3) is 11.9 Å². The third kappa shape index (κ3) is 4.55. The zero-order chi connectivity index (χ0) is 23.7. The molecular formula is C25H25N5O3. The summed E-state index contributed by atoms with van der Waals surface area (Å²) in [6, 6.07) is 12.5. The predicted octanol–water partition coefficient (Wildman–Crippen LogP) is 3.64. The molecular weight excluding hydrogens is 418 g/mol. The van der Waals surface area contributed by atoms with Crippen molar-refractivity contribution in [2.75, 3.05) is 11.9 Å². The van der Waals surface area contributed by atoms with Crippen molar-refractivity contribution in [2.24, 2.45) is 0 Å². The number of aryl methyl sites for hydroxylation is 3. The summed E-state index contributed by atoms with van der Waals surface area (Å²) in [5, 5.41) is 5.28. The molecule has 3 aromatic rings. The molecule has 1 aliphatic rings. The van der Waals surface area contributed by atoms with Crippen LogP contribution in [-0.4, -0.2) is 38.8 Å². The molecule has 0 aliphatic carbocycles. The quantitative estimate of drug-likeness (QED) is 0.465. The van der Waals surface area contributed by atoms with E-state index >= 15 is 0 Å². The van der Waals surface area contributed by atoms with Crippen molar-refractivity contribution in [1.82, 2.24) is 19.8 Å². The second-order valence-corrected chi connectivity index (χ2v) is 8.15. The van der Waals surface area contributed by atoms with E-state index in [1.807, 2.05) is 62.6 Å². The highest BCUT2D eigenvalue weighted by Gasteiger charge is 2.35. The van der Waals surface area contributed by atoms with Gasteiger partial charge in [-0.2, -0.15) is 0 Å². The molecule has 0 saturated carbocycles. The molecule has 168 valence electrons. The van der Waals surface area contributed by atoms with Crippen LogP contribution < -0.4 is 10.6 Å². The number of aromatic nitrogens is 2. The van der Waals surface area contributed by atoms with Gasteiger partial charge in [-0.3, -0.25) is 9.59 Å². The number of benzene rings is 1. The van der Waals surface area contributed by atoms with Crippen molar-refractivity contribution in [3.05, 3.63) is 82.4 Å². The lowest BCUT2D eigenvalue weighted by Crippen LogP contribution is -2.38. The molecule has 3 heterocycles. The summed E-state index contributed by atoms with van der Waals surface area (Å²) in [5.41, 5.74) is 5.47. The number of hydrogen-bond donors (Lipinski definition) is 2. The van der Waals surface area contributed by atoms with Gasteiger partial charge in [0.25, 0.3) is 5.91 Å². The van der Waals surface area contributed by atoms with Gasteiger partial charge in [-0.05, 0) is 69.2 Å². The van der Waals surface area contributed by atoms with Gasteiger partial charge in [-0.25, -0.2) is 14.7 Å². The topological polar surface area (TPSA) is 96.3 Å². The molecule has 8 nitrogen and oxygen atoms in total. The minimum absolute atomic E-state index is 0.125. The molecule has 1 saturated heterocycles. The van der Waals surface area contributed by atoms with Crippen LogP contribution in [0.2, 0.25) is 0 Å². The van der Waals surface area contributed by atoms with E-state index in [1.54, 1.807) is 24.4 Å². The number of urea groups is 1.